The average molecular weight is 298 g/mol. The van der Waals surface area contributed by atoms with E-state index in [0.717, 1.165) is 11.4 Å². The number of hydrogen-bond acceptors (Lipinski definition) is 4. The largest absolute Gasteiger partial charge is 0.354 e. The molecule has 0 aliphatic heterocycles. The summed E-state index contributed by atoms with van der Waals surface area (Å²) in [6, 6.07) is 5.77. The molecule has 0 fully saturated rings. The molecule has 0 atom stereocenters. The monoisotopic (exact) mass is 297 g/mol. The van der Waals surface area contributed by atoms with Crippen LogP contribution in [0.15, 0.2) is 24.4 Å². The SMILES string of the molecule is Cl.Cl.NCCNC(=O)CSCc1ccccn1. The lowest BCUT2D eigenvalue weighted by Crippen LogP contribution is -2.30. The van der Waals surface area contributed by atoms with E-state index in [2.05, 4.69) is 10.3 Å². The summed E-state index contributed by atoms with van der Waals surface area (Å²) in [7, 11) is 0. The zero-order valence-electron chi connectivity index (χ0n) is 9.30. The van der Waals surface area contributed by atoms with Crippen LogP contribution in [-0.2, 0) is 10.5 Å². The lowest BCUT2D eigenvalue weighted by Gasteiger charge is -2.02. The van der Waals surface area contributed by atoms with Gasteiger partial charge in [-0.3, -0.25) is 9.78 Å². The minimum absolute atomic E-state index is 0. The molecular weight excluding hydrogens is 281 g/mol. The number of carbonyl (C=O) groups is 1. The average Bonchev–Trinajstić information content (AvgIpc) is 2.28. The Morgan fingerprint density at radius 2 is 2.18 bits per heavy atom. The molecule has 1 amide bonds. The van der Waals surface area contributed by atoms with Crippen LogP contribution in [0.1, 0.15) is 5.69 Å². The summed E-state index contributed by atoms with van der Waals surface area (Å²) in [4.78, 5) is 15.3. The van der Waals surface area contributed by atoms with E-state index in [1.54, 1.807) is 18.0 Å². The highest BCUT2D eigenvalue weighted by molar-refractivity contribution is 7.99. The lowest BCUT2D eigenvalue weighted by molar-refractivity contribution is -0.118. The van der Waals surface area contributed by atoms with Crippen LogP contribution in [0.25, 0.3) is 0 Å². The molecule has 0 saturated heterocycles. The Bertz CT molecular complexity index is 301. The Morgan fingerprint density at radius 1 is 1.41 bits per heavy atom. The first-order valence-electron chi connectivity index (χ1n) is 4.77. The van der Waals surface area contributed by atoms with E-state index < -0.39 is 0 Å². The highest BCUT2D eigenvalue weighted by Crippen LogP contribution is 2.08. The number of carbonyl (C=O) groups excluding carboxylic acids is 1. The Labute approximate surface area is 118 Å². The standard InChI is InChI=1S/C10H15N3OS.2ClH/c11-4-6-13-10(14)8-15-7-9-3-1-2-5-12-9;;/h1-3,5H,4,6-8,11H2,(H,13,14);2*1H. The van der Waals surface area contributed by atoms with Gasteiger partial charge in [0.05, 0.1) is 11.4 Å². The predicted octanol–water partition coefficient (Wildman–Crippen LogP) is 1.23. The second-order valence-corrected chi connectivity index (χ2v) is 3.94. The van der Waals surface area contributed by atoms with Crippen LogP contribution in [-0.4, -0.2) is 29.7 Å². The molecule has 0 unspecified atom stereocenters. The number of nitrogens with zero attached hydrogens (tertiary/aromatic N) is 1. The maximum atomic E-state index is 11.2. The van der Waals surface area contributed by atoms with Gasteiger partial charge in [0.15, 0.2) is 0 Å². The van der Waals surface area contributed by atoms with Crippen molar-refractivity contribution in [1.82, 2.24) is 10.3 Å². The highest BCUT2D eigenvalue weighted by Gasteiger charge is 2.00. The van der Waals surface area contributed by atoms with E-state index in [-0.39, 0.29) is 30.7 Å². The first-order valence-corrected chi connectivity index (χ1v) is 5.93. The van der Waals surface area contributed by atoms with Gasteiger partial charge in [-0.05, 0) is 12.1 Å². The number of pyridine rings is 1. The maximum Gasteiger partial charge on any atom is 0.230 e. The lowest BCUT2D eigenvalue weighted by atomic mass is 10.4. The number of nitrogens with one attached hydrogen (secondary N) is 1. The van der Waals surface area contributed by atoms with Crippen molar-refractivity contribution in [2.75, 3.05) is 18.8 Å². The number of nitrogens with two attached hydrogens (primary N) is 1. The number of hydrogen-bond donors (Lipinski definition) is 2. The van der Waals surface area contributed by atoms with Crippen molar-refractivity contribution in [2.45, 2.75) is 5.75 Å². The number of rotatable bonds is 6. The summed E-state index contributed by atoms with van der Waals surface area (Å²) >= 11 is 1.55. The van der Waals surface area contributed by atoms with Gasteiger partial charge in [-0.25, -0.2) is 0 Å². The van der Waals surface area contributed by atoms with Crippen molar-refractivity contribution >= 4 is 42.5 Å². The third-order valence-corrected chi connectivity index (χ3v) is 2.64. The van der Waals surface area contributed by atoms with Gasteiger partial charge in [-0.15, -0.1) is 36.6 Å². The van der Waals surface area contributed by atoms with Gasteiger partial charge in [0, 0.05) is 25.0 Å². The summed E-state index contributed by atoms with van der Waals surface area (Å²) in [6.45, 7) is 1.03. The first kappa shape index (κ1) is 18.9. The second kappa shape index (κ2) is 12.0. The van der Waals surface area contributed by atoms with Crippen LogP contribution >= 0.6 is 36.6 Å². The molecule has 0 spiro atoms. The minimum Gasteiger partial charge on any atom is -0.354 e. The molecule has 0 bridgehead atoms. The number of amides is 1. The van der Waals surface area contributed by atoms with Crippen molar-refractivity contribution in [2.24, 2.45) is 5.73 Å². The minimum atomic E-state index is 0. The molecule has 0 aliphatic carbocycles. The van der Waals surface area contributed by atoms with E-state index in [1.165, 1.54) is 0 Å². The van der Waals surface area contributed by atoms with Gasteiger partial charge >= 0.3 is 0 Å². The van der Waals surface area contributed by atoms with Crippen LogP contribution in [0.2, 0.25) is 0 Å². The quantitative estimate of drug-likeness (QED) is 0.829. The normalized spacial score (nSPS) is 8.76. The molecule has 4 nitrogen and oxygen atoms in total. The predicted molar refractivity (Wildman–Crippen MR) is 77.0 cm³/mol. The van der Waals surface area contributed by atoms with Crippen LogP contribution in [0.5, 0.6) is 0 Å². The molecule has 1 rings (SSSR count). The first-order chi connectivity index (χ1) is 7.33. The van der Waals surface area contributed by atoms with Gasteiger partial charge in [0.25, 0.3) is 0 Å². The van der Waals surface area contributed by atoms with Crippen molar-refractivity contribution in [3.8, 4) is 0 Å². The molecule has 1 aromatic rings. The summed E-state index contributed by atoms with van der Waals surface area (Å²) in [5, 5.41) is 2.71. The molecule has 98 valence electrons. The summed E-state index contributed by atoms with van der Waals surface area (Å²) in [5.41, 5.74) is 6.26. The molecule has 1 aromatic heterocycles. The fraction of sp³-hybridized carbons (Fsp3) is 0.400. The third-order valence-electron chi connectivity index (χ3n) is 1.68. The summed E-state index contributed by atoms with van der Waals surface area (Å²) < 4.78 is 0. The van der Waals surface area contributed by atoms with Crippen molar-refractivity contribution in [3.05, 3.63) is 30.1 Å². The fourth-order valence-electron chi connectivity index (χ4n) is 0.994. The molecule has 0 aliphatic rings. The van der Waals surface area contributed by atoms with E-state index in [4.69, 9.17) is 5.73 Å². The molecule has 1 heterocycles. The Morgan fingerprint density at radius 3 is 2.76 bits per heavy atom. The topological polar surface area (TPSA) is 68.0 Å². The van der Waals surface area contributed by atoms with Gasteiger partial charge in [0.1, 0.15) is 0 Å². The van der Waals surface area contributed by atoms with E-state index in [0.29, 0.717) is 18.8 Å². The molecule has 7 heteroatoms. The van der Waals surface area contributed by atoms with Crippen LogP contribution in [0, 0.1) is 0 Å². The molecule has 3 N–H and O–H groups in total. The van der Waals surface area contributed by atoms with Crippen LogP contribution < -0.4 is 11.1 Å². The molecule has 0 radical (unpaired) electrons. The number of thioether (sulfide) groups is 1. The number of aromatic nitrogens is 1. The van der Waals surface area contributed by atoms with E-state index in [9.17, 15) is 4.79 Å². The molecule has 0 saturated carbocycles. The second-order valence-electron chi connectivity index (χ2n) is 2.95. The van der Waals surface area contributed by atoms with Crippen molar-refractivity contribution in [3.63, 3.8) is 0 Å². The fourth-order valence-corrected chi connectivity index (χ4v) is 1.76. The van der Waals surface area contributed by atoms with Crippen molar-refractivity contribution < 1.29 is 4.79 Å². The van der Waals surface area contributed by atoms with Crippen molar-refractivity contribution in [1.29, 1.82) is 0 Å². The third kappa shape index (κ3) is 9.23. The van der Waals surface area contributed by atoms with Crippen LogP contribution in [0.4, 0.5) is 0 Å². The zero-order valence-corrected chi connectivity index (χ0v) is 11.7. The van der Waals surface area contributed by atoms with Gasteiger partial charge < -0.3 is 11.1 Å². The van der Waals surface area contributed by atoms with Gasteiger partial charge in [-0.1, -0.05) is 6.07 Å². The Hall–Kier alpha value is -0.490. The molecule has 0 aromatic carbocycles. The van der Waals surface area contributed by atoms with Gasteiger partial charge in [-0.2, -0.15) is 0 Å². The van der Waals surface area contributed by atoms with Crippen LogP contribution in [0.3, 0.4) is 0 Å². The smallest absolute Gasteiger partial charge is 0.230 e. The summed E-state index contributed by atoms with van der Waals surface area (Å²) in [5.74, 6) is 1.24. The maximum absolute atomic E-state index is 11.2. The highest BCUT2D eigenvalue weighted by atomic mass is 35.5. The molecular formula is C10H17Cl2N3OS. The Kier molecular flexibility index (Phi) is 13.3. The number of halogens is 2. The molecule has 17 heavy (non-hydrogen) atoms. The summed E-state index contributed by atoms with van der Waals surface area (Å²) in [6.07, 6.45) is 1.75. The zero-order chi connectivity index (χ0) is 10.9. The van der Waals surface area contributed by atoms with E-state index >= 15 is 0 Å². The Balaban J connectivity index is 0. The van der Waals surface area contributed by atoms with Gasteiger partial charge in [0.2, 0.25) is 5.91 Å². The van der Waals surface area contributed by atoms with E-state index in [1.807, 2.05) is 18.2 Å².